The summed E-state index contributed by atoms with van der Waals surface area (Å²) in [6.45, 7) is 0.462. The molecule has 0 N–H and O–H groups in total. The van der Waals surface area contributed by atoms with Crippen LogP contribution >= 0.6 is 0 Å². The molecule has 0 aliphatic heterocycles. The Kier molecular flexibility index (Phi) is 5.23. The summed E-state index contributed by atoms with van der Waals surface area (Å²) in [6.07, 6.45) is 8.62. The largest absolute Gasteiger partial charge is 0.497 e. The van der Waals surface area contributed by atoms with Crippen LogP contribution in [0.1, 0.15) is 30.9 Å². The zero-order valence-electron chi connectivity index (χ0n) is 17.8. The van der Waals surface area contributed by atoms with Crippen molar-refractivity contribution in [2.24, 2.45) is 0 Å². The first-order valence-corrected chi connectivity index (χ1v) is 10.7. The van der Waals surface area contributed by atoms with Crippen molar-refractivity contribution in [3.63, 3.8) is 0 Å². The molecule has 2 heterocycles. The molecule has 0 spiro atoms. The molecule has 2 aromatic carbocycles. The van der Waals surface area contributed by atoms with Crippen LogP contribution in [0, 0.1) is 0 Å². The zero-order chi connectivity index (χ0) is 22.1. The van der Waals surface area contributed by atoms with E-state index in [1.165, 1.54) is 4.57 Å². The van der Waals surface area contributed by atoms with E-state index < -0.39 is 0 Å². The molecule has 1 aliphatic carbocycles. The van der Waals surface area contributed by atoms with Gasteiger partial charge in [0, 0.05) is 6.54 Å². The van der Waals surface area contributed by atoms with Crippen LogP contribution in [0.5, 0.6) is 5.75 Å². The molecule has 1 atom stereocenters. The number of fused-ring (bicyclic) bond motifs is 1. The van der Waals surface area contributed by atoms with Crippen molar-refractivity contribution >= 4 is 11.2 Å². The summed E-state index contributed by atoms with van der Waals surface area (Å²) >= 11 is 0. The molecule has 0 fully saturated rings. The Hall–Kier alpha value is -3.87. The van der Waals surface area contributed by atoms with Gasteiger partial charge in [0.15, 0.2) is 11.2 Å². The Balaban J connectivity index is 1.74. The third-order valence-electron chi connectivity index (χ3n) is 5.94. The van der Waals surface area contributed by atoms with Crippen LogP contribution in [0.25, 0.3) is 16.9 Å². The van der Waals surface area contributed by atoms with E-state index in [2.05, 4.69) is 11.1 Å². The van der Waals surface area contributed by atoms with E-state index in [0.717, 1.165) is 30.6 Å². The minimum Gasteiger partial charge on any atom is -0.497 e. The number of hydrogen-bond acceptors (Lipinski definition) is 4. The summed E-state index contributed by atoms with van der Waals surface area (Å²) < 4.78 is 9.99. The van der Waals surface area contributed by atoms with Gasteiger partial charge in [0.2, 0.25) is 0 Å². The number of hydrogen-bond donors (Lipinski definition) is 0. The van der Waals surface area contributed by atoms with Gasteiger partial charge in [-0.3, -0.25) is 9.36 Å². The van der Waals surface area contributed by atoms with E-state index in [1.54, 1.807) is 30.1 Å². The molecule has 2 aromatic heterocycles. The number of rotatable bonds is 5. The van der Waals surface area contributed by atoms with E-state index in [0.29, 0.717) is 23.4 Å². The summed E-state index contributed by atoms with van der Waals surface area (Å²) in [5.41, 5.74) is 1.68. The van der Waals surface area contributed by atoms with Gasteiger partial charge in [-0.25, -0.2) is 14.3 Å². The van der Waals surface area contributed by atoms with Crippen LogP contribution in [-0.4, -0.2) is 25.8 Å². The predicted molar refractivity (Wildman–Crippen MR) is 124 cm³/mol. The minimum atomic E-state index is -0.363. The maximum absolute atomic E-state index is 13.6. The highest BCUT2D eigenvalue weighted by atomic mass is 16.5. The quantitative estimate of drug-likeness (QED) is 0.455. The van der Waals surface area contributed by atoms with E-state index in [-0.39, 0.29) is 17.3 Å². The number of aromatic nitrogens is 4. The Morgan fingerprint density at radius 2 is 1.84 bits per heavy atom. The lowest BCUT2D eigenvalue weighted by Crippen LogP contribution is -2.41. The molecule has 32 heavy (non-hydrogen) atoms. The van der Waals surface area contributed by atoms with Crippen molar-refractivity contribution in [1.29, 1.82) is 0 Å². The second-order valence-corrected chi connectivity index (χ2v) is 7.95. The molecule has 0 saturated carbocycles. The standard InChI is InChI=1S/C25H24N4O3/c1-32-21-14-12-18(13-15-21)16-27-17-26-23-22(27)24(30)29(20-10-6-3-7-11-20)25(31)28(23)19-8-4-2-5-9-19/h3-4,6-8,10-15,17,19H,2,5,9,16H2,1H3. The van der Waals surface area contributed by atoms with Crippen LogP contribution in [-0.2, 0) is 6.54 Å². The van der Waals surface area contributed by atoms with Crippen molar-refractivity contribution in [2.75, 3.05) is 7.11 Å². The zero-order valence-corrected chi connectivity index (χ0v) is 17.8. The highest BCUT2D eigenvalue weighted by molar-refractivity contribution is 5.71. The fourth-order valence-corrected chi connectivity index (χ4v) is 4.32. The van der Waals surface area contributed by atoms with Gasteiger partial charge >= 0.3 is 5.69 Å². The second kappa shape index (κ2) is 8.34. The number of para-hydroxylation sites is 1. The summed E-state index contributed by atoms with van der Waals surface area (Å²) in [5, 5.41) is 0. The molecule has 5 rings (SSSR count). The lowest BCUT2D eigenvalue weighted by atomic mass is 10.0. The number of ether oxygens (including phenoxy) is 1. The average Bonchev–Trinajstić information content (AvgIpc) is 3.24. The fraction of sp³-hybridized carbons (Fsp3) is 0.240. The lowest BCUT2D eigenvalue weighted by molar-refractivity contribution is 0.414. The molecular formula is C25H24N4O3. The summed E-state index contributed by atoms with van der Waals surface area (Å²) in [4.78, 5) is 31.7. The van der Waals surface area contributed by atoms with Crippen LogP contribution in [0.2, 0.25) is 0 Å². The van der Waals surface area contributed by atoms with Crippen molar-refractivity contribution in [3.8, 4) is 11.4 Å². The summed E-state index contributed by atoms with van der Waals surface area (Å²) in [7, 11) is 1.63. The summed E-state index contributed by atoms with van der Waals surface area (Å²) in [6, 6.07) is 16.6. The normalized spacial score (nSPS) is 15.8. The maximum atomic E-state index is 13.6. The van der Waals surface area contributed by atoms with Crippen molar-refractivity contribution < 1.29 is 4.74 Å². The van der Waals surface area contributed by atoms with Crippen molar-refractivity contribution in [2.45, 2.75) is 31.8 Å². The fourth-order valence-electron chi connectivity index (χ4n) is 4.32. The Labute approximate surface area is 184 Å². The number of benzene rings is 2. The third-order valence-corrected chi connectivity index (χ3v) is 5.94. The Morgan fingerprint density at radius 1 is 1.06 bits per heavy atom. The van der Waals surface area contributed by atoms with Gasteiger partial charge in [0.05, 0.1) is 25.2 Å². The van der Waals surface area contributed by atoms with E-state index in [9.17, 15) is 9.59 Å². The molecule has 7 nitrogen and oxygen atoms in total. The first-order chi connectivity index (χ1) is 15.7. The highest BCUT2D eigenvalue weighted by Gasteiger charge is 2.23. The molecule has 4 aromatic rings. The van der Waals surface area contributed by atoms with Gasteiger partial charge in [-0.2, -0.15) is 0 Å². The van der Waals surface area contributed by atoms with Gasteiger partial charge in [0.1, 0.15) is 5.75 Å². The first kappa shape index (κ1) is 20.1. The first-order valence-electron chi connectivity index (χ1n) is 10.7. The molecule has 0 bridgehead atoms. The number of imidazole rings is 1. The number of allylic oxidation sites excluding steroid dienone is 2. The Morgan fingerprint density at radius 3 is 2.53 bits per heavy atom. The van der Waals surface area contributed by atoms with Crippen LogP contribution < -0.4 is 16.0 Å². The molecule has 7 heteroatoms. The van der Waals surface area contributed by atoms with E-state index in [1.807, 2.05) is 53.1 Å². The molecular weight excluding hydrogens is 404 g/mol. The SMILES string of the molecule is COc1ccc(Cn2cnc3c2c(=O)n(-c2ccccc2)c(=O)n3C2C=CCCC2)cc1. The molecule has 0 saturated heterocycles. The van der Waals surface area contributed by atoms with E-state index >= 15 is 0 Å². The lowest BCUT2D eigenvalue weighted by Gasteiger charge is -2.21. The number of methoxy groups -OCH3 is 1. The average molecular weight is 428 g/mol. The van der Waals surface area contributed by atoms with Gasteiger partial charge in [-0.05, 0) is 49.1 Å². The van der Waals surface area contributed by atoms with E-state index in [4.69, 9.17) is 4.74 Å². The second-order valence-electron chi connectivity index (χ2n) is 7.95. The van der Waals surface area contributed by atoms with Crippen LogP contribution in [0.4, 0.5) is 0 Å². The maximum Gasteiger partial charge on any atom is 0.337 e. The smallest absolute Gasteiger partial charge is 0.337 e. The molecule has 0 amide bonds. The monoisotopic (exact) mass is 428 g/mol. The van der Waals surface area contributed by atoms with Crippen molar-refractivity contribution in [3.05, 3.63) is 99.5 Å². The molecule has 1 unspecified atom stereocenters. The van der Waals surface area contributed by atoms with Gasteiger partial charge in [0.25, 0.3) is 5.56 Å². The molecule has 162 valence electrons. The highest BCUT2D eigenvalue weighted by Crippen LogP contribution is 2.24. The topological polar surface area (TPSA) is 71.1 Å². The van der Waals surface area contributed by atoms with Gasteiger partial charge in [-0.15, -0.1) is 0 Å². The summed E-state index contributed by atoms with van der Waals surface area (Å²) in [5.74, 6) is 0.772. The third kappa shape index (κ3) is 3.45. The number of nitrogens with zero attached hydrogens (tertiary/aromatic N) is 4. The minimum absolute atomic E-state index is 0.126. The Bertz CT molecular complexity index is 1400. The van der Waals surface area contributed by atoms with Crippen molar-refractivity contribution in [1.82, 2.24) is 18.7 Å². The van der Waals surface area contributed by atoms with Crippen LogP contribution in [0.3, 0.4) is 0 Å². The van der Waals surface area contributed by atoms with Gasteiger partial charge < -0.3 is 9.30 Å². The molecule has 0 radical (unpaired) electrons. The van der Waals surface area contributed by atoms with Crippen LogP contribution in [0.15, 0.2) is 82.7 Å². The van der Waals surface area contributed by atoms with Gasteiger partial charge in [-0.1, -0.05) is 42.5 Å². The molecule has 1 aliphatic rings. The predicted octanol–water partition coefficient (Wildman–Crippen LogP) is 3.69.